The van der Waals surface area contributed by atoms with E-state index in [1.807, 2.05) is 0 Å². The lowest BCUT2D eigenvalue weighted by molar-refractivity contribution is -0.143. The predicted octanol–water partition coefficient (Wildman–Crippen LogP) is 2.18. The third kappa shape index (κ3) is 5.48. The van der Waals surface area contributed by atoms with Gasteiger partial charge >= 0.3 is 5.97 Å². The lowest BCUT2D eigenvalue weighted by atomic mass is 10.1. The largest absolute Gasteiger partial charge is 0.489 e. The third-order valence-corrected chi connectivity index (χ3v) is 3.66. The van der Waals surface area contributed by atoms with Crippen molar-refractivity contribution in [1.82, 2.24) is 5.32 Å². The predicted molar refractivity (Wildman–Crippen MR) is 92.6 cm³/mol. The molecular formula is C18H18ClNO5. The minimum absolute atomic E-state index is 0.338. The molecule has 25 heavy (non-hydrogen) atoms. The van der Waals surface area contributed by atoms with Gasteiger partial charge < -0.3 is 19.9 Å². The summed E-state index contributed by atoms with van der Waals surface area (Å²) in [4.78, 5) is 23.5. The van der Waals surface area contributed by atoms with Crippen LogP contribution in [0.3, 0.4) is 0 Å². The van der Waals surface area contributed by atoms with Crippen molar-refractivity contribution in [2.24, 2.45) is 0 Å². The number of carbonyl (C=O) groups is 2. The highest BCUT2D eigenvalue weighted by molar-refractivity contribution is 6.30. The summed E-state index contributed by atoms with van der Waals surface area (Å²) in [5.41, 5.74) is 1.23. The van der Waals surface area contributed by atoms with E-state index in [0.29, 0.717) is 22.9 Å². The molecule has 0 heterocycles. The summed E-state index contributed by atoms with van der Waals surface area (Å²) in [6.45, 7) is -0.198. The number of hydrogen-bond donors (Lipinski definition) is 2. The van der Waals surface area contributed by atoms with Crippen molar-refractivity contribution in [1.29, 1.82) is 0 Å². The van der Waals surface area contributed by atoms with Gasteiger partial charge in [-0.3, -0.25) is 4.79 Å². The Morgan fingerprint density at radius 2 is 1.76 bits per heavy atom. The van der Waals surface area contributed by atoms with Crippen LogP contribution in [0.25, 0.3) is 0 Å². The molecule has 0 bridgehead atoms. The van der Waals surface area contributed by atoms with Crippen LogP contribution in [0.5, 0.6) is 5.75 Å². The van der Waals surface area contributed by atoms with E-state index < -0.39 is 24.5 Å². The topological polar surface area (TPSA) is 84.9 Å². The smallest absolute Gasteiger partial charge is 0.330 e. The molecule has 1 atom stereocenters. The minimum atomic E-state index is -1.09. The second-order valence-corrected chi connectivity index (χ2v) is 5.61. The number of methoxy groups -OCH3 is 1. The Hall–Kier alpha value is -2.57. The van der Waals surface area contributed by atoms with Crippen LogP contribution in [0.15, 0.2) is 48.5 Å². The second kappa shape index (κ2) is 9.05. The Morgan fingerprint density at radius 3 is 2.32 bits per heavy atom. The van der Waals surface area contributed by atoms with Crippen molar-refractivity contribution >= 4 is 23.5 Å². The fourth-order valence-corrected chi connectivity index (χ4v) is 2.14. The maximum Gasteiger partial charge on any atom is 0.330 e. The Bertz CT molecular complexity index is 715. The standard InChI is InChI=1S/C18H18ClNO5/c1-24-18(23)16(10-21)20-17(22)13-4-2-12(3-5-13)11-25-15-8-6-14(19)7-9-15/h2-9,16,21H,10-11H2,1H3,(H,20,22)/t16-/m0/s1. The normalized spacial score (nSPS) is 11.5. The number of nitrogens with one attached hydrogen (secondary N) is 1. The zero-order valence-electron chi connectivity index (χ0n) is 13.6. The third-order valence-electron chi connectivity index (χ3n) is 3.41. The second-order valence-electron chi connectivity index (χ2n) is 5.17. The zero-order chi connectivity index (χ0) is 18.2. The highest BCUT2D eigenvalue weighted by Crippen LogP contribution is 2.17. The molecule has 0 radical (unpaired) electrons. The van der Waals surface area contributed by atoms with Gasteiger partial charge in [-0.25, -0.2) is 4.79 Å². The number of carbonyl (C=O) groups excluding carboxylic acids is 2. The molecule has 0 unspecified atom stereocenters. The number of amides is 1. The molecule has 2 N–H and O–H groups in total. The number of esters is 1. The first kappa shape index (κ1) is 18.8. The molecule has 0 saturated heterocycles. The average Bonchev–Trinajstić information content (AvgIpc) is 2.65. The molecule has 2 rings (SSSR count). The van der Waals surface area contributed by atoms with Crippen molar-refractivity contribution in [3.8, 4) is 5.75 Å². The summed E-state index contributed by atoms with van der Waals surface area (Å²) in [6, 6.07) is 12.6. The number of halogens is 1. The Labute approximate surface area is 150 Å². The quantitative estimate of drug-likeness (QED) is 0.736. The van der Waals surface area contributed by atoms with Crippen LogP contribution in [-0.2, 0) is 16.1 Å². The van der Waals surface area contributed by atoms with Gasteiger partial charge in [0.2, 0.25) is 0 Å². The summed E-state index contributed by atoms with van der Waals surface area (Å²) in [7, 11) is 1.19. The maximum atomic E-state index is 12.1. The van der Waals surface area contributed by atoms with Gasteiger partial charge in [-0.15, -0.1) is 0 Å². The molecule has 0 aliphatic rings. The first-order valence-electron chi connectivity index (χ1n) is 7.50. The van der Waals surface area contributed by atoms with Gasteiger partial charge in [0.05, 0.1) is 13.7 Å². The Kier molecular flexibility index (Phi) is 6.80. The summed E-state index contributed by atoms with van der Waals surface area (Å²) < 4.78 is 10.1. The number of aliphatic hydroxyl groups is 1. The van der Waals surface area contributed by atoms with Gasteiger partial charge in [0, 0.05) is 10.6 Å². The summed E-state index contributed by atoms with van der Waals surface area (Å²) >= 11 is 5.81. The highest BCUT2D eigenvalue weighted by atomic mass is 35.5. The van der Waals surface area contributed by atoms with E-state index in [-0.39, 0.29) is 0 Å². The van der Waals surface area contributed by atoms with Crippen LogP contribution in [0.1, 0.15) is 15.9 Å². The van der Waals surface area contributed by atoms with E-state index in [1.54, 1.807) is 48.5 Å². The SMILES string of the molecule is COC(=O)[C@H](CO)NC(=O)c1ccc(COc2ccc(Cl)cc2)cc1. The molecule has 0 aromatic heterocycles. The van der Waals surface area contributed by atoms with Crippen molar-refractivity contribution in [3.05, 3.63) is 64.7 Å². The molecule has 0 spiro atoms. The first-order valence-corrected chi connectivity index (χ1v) is 7.88. The molecule has 132 valence electrons. The number of benzene rings is 2. The molecule has 0 fully saturated rings. The van der Waals surface area contributed by atoms with Crippen LogP contribution in [0.2, 0.25) is 5.02 Å². The molecule has 0 aliphatic heterocycles. The number of rotatable bonds is 7. The molecular weight excluding hydrogens is 346 g/mol. The van der Waals surface area contributed by atoms with Crippen LogP contribution >= 0.6 is 11.6 Å². The number of hydrogen-bond acceptors (Lipinski definition) is 5. The van der Waals surface area contributed by atoms with E-state index in [0.717, 1.165) is 5.56 Å². The average molecular weight is 364 g/mol. The summed E-state index contributed by atoms with van der Waals surface area (Å²) in [5, 5.41) is 12.2. The highest BCUT2D eigenvalue weighted by Gasteiger charge is 2.21. The molecule has 6 nitrogen and oxygen atoms in total. The Morgan fingerprint density at radius 1 is 1.12 bits per heavy atom. The van der Waals surface area contributed by atoms with Gasteiger partial charge in [0.1, 0.15) is 12.4 Å². The van der Waals surface area contributed by atoms with Crippen LogP contribution < -0.4 is 10.1 Å². The number of aliphatic hydroxyl groups excluding tert-OH is 1. The number of ether oxygens (including phenoxy) is 2. The van der Waals surface area contributed by atoms with E-state index >= 15 is 0 Å². The lowest BCUT2D eigenvalue weighted by Gasteiger charge is -2.14. The zero-order valence-corrected chi connectivity index (χ0v) is 14.3. The summed E-state index contributed by atoms with van der Waals surface area (Å²) in [5.74, 6) is -0.492. The summed E-state index contributed by atoms with van der Waals surface area (Å²) in [6.07, 6.45) is 0. The van der Waals surface area contributed by atoms with Crippen LogP contribution in [-0.4, -0.2) is 36.7 Å². The molecule has 7 heteroatoms. The Balaban J connectivity index is 1.93. The fraction of sp³-hybridized carbons (Fsp3) is 0.222. The van der Waals surface area contributed by atoms with E-state index in [1.165, 1.54) is 7.11 Å². The van der Waals surface area contributed by atoms with Crippen molar-refractivity contribution < 1.29 is 24.2 Å². The van der Waals surface area contributed by atoms with E-state index in [9.17, 15) is 9.59 Å². The fourth-order valence-electron chi connectivity index (χ4n) is 2.01. The molecule has 0 aliphatic carbocycles. The van der Waals surface area contributed by atoms with Crippen LogP contribution in [0.4, 0.5) is 0 Å². The van der Waals surface area contributed by atoms with Gasteiger partial charge in [0.25, 0.3) is 5.91 Å². The lowest BCUT2D eigenvalue weighted by Crippen LogP contribution is -2.44. The monoisotopic (exact) mass is 363 g/mol. The van der Waals surface area contributed by atoms with Crippen molar-refractivity contribution in [3.63, 3.8) is 0 Å². The first-order chi connectivity index (χ1) is 12.0. The van der Waals surface area contributed by atoms with Crippen molar-refractivity contribution in [2.45, 2.75) is 12.6 Å². The maximum absolute atomic E-state index is 12.1. The minimum Gasteiger partial charge on any atom is -0.489 e. The molecule has 2 aromatic rings. The van der Waals surface area contributed by atoms with Gasteiger partial charge in [-0.1, -0.05) is 23.7 Å². The van der Waals surface area contributed by atoms with Crippen molar-refractivity contribution in [2.75, 3.05) is 13.7 Å². The molecule has 0 saturated carbocycles. The van der Waals surface area contributed by atoms with E-state index in [2.05, 4.69) is 10.1 Å². The molecule has 1 amide bonds. The van der Waals surface area contributed by atoms with Gasteiger partial charge in [0.15, 0.2) is 6.04 Å². The van der Waals surface area contributed by atoms with E-state index in [4.69, 9.17) is 21.4 Å². The molecule has 2 aromatic carbocycles. The van der Waals surface area contributed by atoms with Gasteiger partial charge in [-0.2, -0.15) is 0 Å². The van der Waals surface area contributed by atoms with Crippen LogP contribution in [0, 0.1) is 0 Å². The van der Waals surface area contributed by atoms with Gasteiger partial charge in [-0.05, 0) is 42.0 Å².